The lowest BCUT2D eigenvalue weighted by Crippen LogP contribution is -2.44. The number of aryl methyl sites for hydroxylation is 2. The van der Waals surface area contributed by atoms with Crippen LogP contribution < -0.4 is 5.32 Å². The molecule has 3 rings (SSSR count). The molecule has 1 aromatic carbocycles. The minimum atomic E-state index is 0. The van der Waals surface area contributed by atoms with Crippen molar-refractivity contribution in [3.05, 3.63) is 53.3 Å². The Hall–Kier alpha value is -1.57. The second kappa shape index (κ2) is 9.05. The highest BCUT2D eigenvalue weighted by Gasteiger charge is 2.18. The fraction of sp³-hybridized carbons (Fsp3) is 0.444. The molecule has 130 valence electrons. The second-order valence-corrected chi connectivity index (χ2v) is 6.04. The molecule has 1 aromatic heterocycles. The summed E-state index contributed by atoms with van der Waals surface area (Å²) in [7, 11) is 3.82. The van der Waals surface area contributed by atoms with Gasteiger partial charge in [0.05, 0.1) is 6.20 Å². The summed E-state index contributed by atoms with van der Waals surface area (Å²) in [6.45, 7) is 2.90. The maximum atomic E-state index is 4.45. The van der Waals surface area contributed by atoms with Crippen LogP contribution in [0.15, 0.2) is 41.7 Å². The largest absolute Gasteiger partial charge is 0.356 e. The standard InChI is InChI=1S/C18H25N5.HI/c1-19-18(20-10-5-6-15-12-21-22(2)13-15)23-11-9-16-7-3-4-8-17(16)14-23;/h3-4,7-8,12-13H,5-6,9-11,14H2,1-2H3,(H,19,20);1H. The van der Waals surface area contributed by atoms with E-state index in [0.29, 0.717) is 0 Å². The first-order valence-corrected chi connectivity index (χ1v) is 8.26. The zero-order valence-electron chi connectivity index (χ0n) is 14.4. The average molecular weight is 439 g/mol. The highest BCUT2D eigenvalue weighted by atomic mass is 127. The molecule has 0 fully saturated rings. The third-order valence-corrected chi connectivity index (χ3v) is 4.33. The van der Waals surface area contributed by atoms with Gasteiger partial charge in [-0.1, -0.05) is 24.3 Å². The Balaban J connectivity index is 0.00000208. The van der Waals surface area contributed by atoms with Crippen molar-refractivity contribution in [2.24, 2.45) is 12.0 Å². The number of guanidine groups is 1. The first-order valence-electron chi connectivity index (χ1n) is 8.26. The third-order valence-electron chi connectivity index (χ3n) is 4.33. The normalized spacial score (nSPS) is 14.1. The van der Waals surface area contributed by atoms with Gasteiger partial charge in [-0.3, -0.25) is 9.67 Å². The molecule has 0 unspecified atom stereocenters. The molecule has 6 heteroatoms. The lowest BCUT2D eigenvalue weighted by atomic mass is 10.0. The number of aliphatic imine (C=N–C) groups is 1. The predicted molar refractivity (Wildman–Crippen MR) is 109 cm³/mol. The van der Waals surface area contributed by atoms with Crippen molar-refractivity contribution in [3.63, 3.8) is 0 Å². The highest BCUT2D eigenvalue weighted by Crippen LogP contribution is 2.18. The lowest BCUT2D eigenvalue weighted by molar-refractivity contribution is 0.378. The number of benzene rings is 1. The Labute approximate surface area is 161 Å². The third kappa shape index (κ3) is 4.72. The van der Waals surface area contributed by atoms with Crippen LogP contribution in [0.3, 0.4) is 0 Å². The van der Waals surface area contributed by atoms with E-state index >= 15 is 0 Å². The maximum absolute atomic E-state index is 4.45. The molecular weight excluding hydrogens is 413 g/mol. The summed E-state index contributed by atoms with van der Waals surface area (Å²) in [6, 6.07) is 8.69. The number of hydrogen-bond acceptors (Lipinski definition) is 2. The van der Waals surface area contributed by atoms with Gasteiger partial charge in [-0.2, -0.15) is 5.10 Å². The number of rotatable bonds is 4. The molecule has 2 aromatic rings. The van der Waals surface area contributed by atoms with E-state index < -0.39 is 0 Å². The monoisotopic (exact) mass is 439 g/mol. The van der Waals surface area contributed by atoms with Crippen LogP contribution in [0.25, 0.3) is 0 Å². The van der Waals surface area contributed by atoms with Gasteiger partial charge in [0.15, 0.2) is 5.96 Å². The quantitative estimate of drug-likeness (QED) is 0.345. The maximum Gasteiger partial charge on any atom is 0.193 e. The van der Waals surface area contributed by atoms with Gasteiger partial charge in [-0.15, -0.1) is 24.0 Å². The van der Waals surface area contributed by atoms with Crippen molar-refractivity contribution in [1.82, 2.24) is 20.0 Å². The van der Waals surface area contributed by atoms with Crippen LogP contribution in [-0.2, 0) is 26.4 Å². The van der Waals surface area contributed by atoms with Gasteiger partial charge in [-0.25, -0.2) is 0 Å². The van der Waals surface area contributed by atoms with Crippen LogP contribution in [0.2, 0.25) is 0 Å². The van der Waals surface area contributed by atoms with Crippen molar-refractivity contribution in [2.45, 2.75) is 25.8 Å². The zero-order chi connectivity index (χ0) is 16.1. The van der Waals surface area contributed by atoms with Crippen molar-refractivity contribution in [1.29, 1.82) is 0 Å². The summed E-state index contributed by atoms with van der Waals surface area (Å²) in [6.07, 6.45) is 7.23. The van der Waals surface area contributed by atoms with E-state index in [1.807, 2.05) is 25.0 Å². The van der Waals surface area contributed by atoms with E-state index in [1.54, 1.807) is 0 Å². The van der Waals surface area contributed by atoms with Crippen molar-refractivity contribution >= 4 is 29.9 Å². The number of hydrogen-bond donors (Lipinski definition) is 1. The van der Waals surface area contributed by atoms with E-state index in [1.165, 1.54) is 16.7 Å². The van der Waals surface area contributed by atoms with E-state index in [-0.39, 0.29) is 24.0 Å². The zero-order valence-corrected chi connectivity index (χ0v) is 16.7. The van der Waals surface area contributed by atoms with Crippen LogP contribution in [0.5, 0.6) is 0 Å². The number of fused-ring (bicyclic) bond motifs is 1. The van der Waals surface area contributed by atoms with E-state index in [4.69, 9.17) is 0 Å². The number of halogens is 1. The van der Waals surface area contributed by atoms with Gasteiger partial charge in [-0.05, 0) is 36.0 Å². The molecule has 0 saturated heterocycles. The van der Waals surface area contributed by atoms with Gasteiger partial charge in [0, 0.05) is 39.9 Å². The van der Waals surface area contributed by atoms with Gasteiger partial charge >= 0.3 is 0 Å². The molecule has 5 nitrogen and oxygen atoms in total. The average Bonchev–Trinajstić information content (AvgIpc) is 3.00. The van der Waals surface area contributed by atoms with Gasteiger partial charge in [0.1, 0.15) is 0 Å². The van der Waals surface area contributed by atoms with Gasteiger partial charge < -0.3 is 10.2 Å². The summed E-state index contributed by atoms with van der Waals surface area (Å²) < 4.78 is 1.85. The smallest absolute Gasteiger partial charge is 0.193 e. The molecule has 0 saturated carbocycles. The van der Waals surface area contributed by atoms with E-state index in [9.17, 15) is 0 Å². The second-order valence-electron chi connectivity index (χ2n) is 6.04. The van der Waals surface area contributed by atoms with Crippen LogP contribution in [0.4, 0.5) is 0 Å². The number of nitrogens with one attached hydrogen (secondary N) is 1. The summed E-state index contributed by atoms with van der Waals surface area (Å²) in [5.41, 5.74) is 4.17. The first-order chi connectivity index (χ1) is 11.3. The Kier molecular flexibility index (Phi) is 7.08. The topological polar surface area (TPSA) is 45.5 Å². The minimum Gasteiger partial charge on any atom is -0.356 e. The predicted octanol–water partition coefficient (Wildman–Crippen LogP) is 2.60. The summed E-state index contributed by atoms with van der Waals surface area (Å²) >= 11 is 0. The molecule has 0 bridgehead atoms. The van der Waals surface area contributed by atoms with Crippen LogP contribution in [0.1, 0.15) is 23.1 Å². The minimum absolute atomic E-state index is 0. The first kappa shape index (κ1) is 18.8. The Bertz CT molecular complexity index is 680. The number of nitrogens with zero attached hydrogens (tertiary/aromatic N) is 4. The Morgan fingerprint density at radius 3 is 2.79 bits per heavy atom. The molecule has 0 radical (unpaired) electrons. The Morgan fingerprint density at radius 1 is 1.29 bits per heavy atom. The van der Waals surface area contributed by atoms with Gasteiger partial charge in [0.2, 0.25) is 0 Å². The molecule has 2 heterocycles. The number of aromatic nitrogens is 2. The summed E-state index contributed by atoms with van der Waals surface area (Å²) in [5, 5.41) is 7.70. The lowest BCUT2D eigenvalue weighted by Gasteiger charge is -2.31. The molecule has 0 atom stereocenters. The van der Waals surface area contributed by atoms with Crippen molar-refractivity contribution in [2.75, 3.05) is 20.1 Å². The molecule has 0 aliphatic carbocycles. The molecule has 24 heavy (non-hydrogen) atoms. The van der Waals surface area contributed by atoms with Crippen molar-refractivity contribution in [3.8, 4) is 0 Å². The molecule has 1 aliphatic heterocycles. The molecule has 0 amide bonds. The van der Waals surface area contributed by atoms with Crippen LogP contribution >= 0.6 is 24.0 Å². The molecule has 1 N–H and O–H groups in total. The van der Waals surface area contributed by atoms with Crippen LogP contribution in [0, 0.1) is 0 Å². The van der Waals surface area contributed by atoms with E-state index in [0.717, 1.165) is 44.9 Å². The SMILES string of the molecule is CN=C(NCCCc1cnn(C)c1)N1CCc2ccccc2C1.I. The Morgan fingerprint density at radius 2 is 2.08 bits per heavy atom. The molecule has 0 spiro atoms. The molecular formula is C18H26IN5. The summed E-state index contributed by atoms with van der Waals surface area (Å²) in [5.74, 6) is 1.01. The highest BCUT2D eigenvalue weighted by molar-refractivity contribution is 14.0. The van der Waals surface area contributed by atoms with Crippen molar-refractivity contribution < 1.29 is 0 Å². The molecule has 1 aliphatic rings. The summed E-state index contributed by atoms with van der Waals surface area (Å²) in [4.78, 5) is 6.79. The van der Waals surface area contributed by atoms with Crippen LogP contribution in [-0.4, -0.2) is 40.8 Å². The van der Waals surface area contributed by atoms with Gasteiger partial charge in [0.25, 0.3) is 0 Å². The fourth-order valence-electron chi connectivity index (χ4n) is 3.10. The fourth-order valence-corrected chi connectivity index (χ4v) is 3.10. The van der Waals surface area contributed by atoms with E-state index in [2.05, 4.69) is 50.8 Å².